The van der Waals surface area contributed by atoms with Gasteiger partial charge in [-0.25, -0.2) is 0 Å². The summed E-state index contributed by atoms with van der Waals surface area (Å²) >= 11 is 1.79. The highest BCUT2D eigenvalue weighted by Gasteiger charge is 2.27. The molecule has 0 radical (unpaired) electrons. The fraction of sp³-hybridized carbons (Fsp3) is 0.625. The van der Waals surface area contributed by atoms with Crippen molar-refractivity contribution >= 4 is 11.8 Å². The molecule has 0 amide bonds. The molecule has 19 heavy (non-hydrogen) atoms. The van der Waals surface area contributed by atoms with Crippen LogP contribution in [0.5, 0.6) is 0 Å². The van der Waals surface area contributed by atoms with E-state index in [0.717, 1.165) is 13.2 Å². The van der Waals surface area contributed by atoms with Gasteiger partial charge in [-0.2, -0.15) is 0 Å². The van der Waals surface area contributed by atoms with E-state index in [2.05, 4.69) is 49.7 Å². The fourth-order valence-electron chi connectivity index (χ4n) is 2.60. The summed E-state index contributed by atoms with van der Waals surface area (Å²) in [6.45, 7) is 6.34. The van der Waals surface area contributed by atoms with Crippen LogP contribution in [0, 0.1) is 5.92 Å². The van der Waals surface area contributed by atoms with E-state index in [4.69, 9.17) is 4.74 Å². The number of rotatable bonds is 5. The van der Waals surface area contributed by atoms with Crippen molar-refractivity contribution in [2.24, 2.45) is 5.92 Å². The number of ether oxygens (including phenoxy) is 1. The molecule has 3 heteroatoms. The van der Waals surface area contributed by atoms with Gasteiger partial charge in [0.05, 0.1) is 6.10 Å². The van der Waals surface area contributed by atoms with E-state index in [1.54, 1.807) is 11.8 Å². The highest BCUT2D eigenvalue weighted by Crippen LogP contribution is 2.34. The lowest BCUT2D eigenvalue weighted by atomic mass is 9.89. The monoisotopic (exact) mass is 279 g/mol. The Kier molecular flexibility index (Phi) is 5.74. The minimum absolute atomic E-state index is 0.260. The Balaban J connectivity index is 2.04. The van der Waals surface area contributed by atoms with Gasteiger partial charge >= 0.3 is 0 Å². The van der Waals surface area contributed by atoms with Crippen LogP contribution in [-0.4, -0.2) is 25.4 Å². The molecule has 1 aromatic carbocycles. The summed E-state index contributed by atoms with van der Waals surface area (Å²) < 4.78 is 6.04. The van der Waals surface area contributed by atoms with Crippen molar-refractivity contribution in [3.8, 4) is 0 Å². The van der Waals surface area contributed by atoms with Gasteiger partial charge < -0.3 is 10.1 Å². The number of thioether (sulfide) groups is 1. The van der Waals surface area contributed by atoms with Crippen LogP contribution in [0.15, 0.2) is 29.2 Å². The molecular formula is C16H25NOS. The number of hydrogen-bond acceptors (Lipinski definition) is 3. The Hall–Kier alpha value is -0.510. The average Bonchev–Trinajstić information content (AvgIpc) is 2.45. The van der Waals surface area contributed by atoms with Crippen molar-refractivity contribution in [3.63, 3.8) is 0 Å². The minimum atomic E-state index is 0.260. The van der Waals surface area contributed by atoms with Crippen LogP contribution in [0.25, 0.3) is 0 Å². The summed E-state index contributed by atoms with van der Waals surface area (Å²) in [6, 6.07) is 9.39. The van der Waals surface area contributed by atoms with Crippen molar-refractivity contribution in [2.45, 2.75) is 43.7 Å². The van der Waals surface area contributed by atoms with Crippen LogP contribution in [0.2, 0.25) is 0 Å². The molecule has 0 spiro atoms. The molecule has 0 bridgehead atoms. The van der Waals surface area contributed by atoms with Crippen molar-refractivity contribution in [1.82, 2.24) is 5.32 Å². The van der Waals surface area contributed by atoms with Crippen molar-refractivity contribution in [1.29, 1.82) is 0 Å². The quantitative estimate of drug-likeness (QED) is 0.827. The maximum absolute atomic E-state index is 6.04. The van der Waals surface area contributed by atoms with Crippen LogP contribution < -0.4 is 5.32 Å². The summed E-state index contributed by atoms with van der Waals surface area (Å²) in [5, 5.41) is 3.55. The van der Waals surface area contributed by atoms with E-state index in [9.17, 15) is 0 Å². The Morgan fingerprint density at radius 1 is 1.32 bits per heavy atom. The normalized spacial score (nSPS) is 23.8. The van der Waals surface area contributed by atoms with E-state index >= 15 is 0 Å². The molecule has 2 unspecified atom stereocenters. The average molecular weight is 279 g/mol. The third-order valence-corrected chi connectivity index (χ3v) is 4.42. The number of nitrogens with one attached hydrogen (secondary N) is 1. The van der Waals surface area contributed by atoms with Crippen LogP contribution in [-0.2, 0) is 4.74 Å². The fourth-order valence-corrected chi connectivity index (χ4v) is 3.01. The van der Waals surface area contributed by atoms with E-state index < -0.39 is 0 Å². The zero-order chi connectivity index (χ0) is 13.7. The maximum atomic E-state index is 6.04. The van der Waals surface area contributed by atoms with Gasteiger partial charge in [-0.1, -0.05) is 26.0 Å². The molecule has 2 rings (SSSR count). The standard InChI is InChI=1S/C16H25NOS/c1-12(2)17-11-14-5-4-10-18-16(14)13-6-8-15(19-3)9-7-13/h6-9,12,14,16-17H,4-5,10-11H2,1-3H3. The Labute approximate surface area is 121 Å². The topological polar surface area (TPSA) is 21.3 Å². The zero-order valence-electron chi connectivity index (χ0n) is 12.2. The van der Waals surface area contributed by atoms with E-state index in [1.807, 2.05) is 0 Å². The van der Waals surface area contributed by atoms with Gasteiger partial charge in [0.25, 0.3) is 0 Å². The molecule has 1 aromatic rings. The number of hydrogen-bond donors (Lipinski definition) is 1. The van der Waals surface area contributed by atoms with Gasteiger partial charge in [0.1, 0.15) is 0 Å². The maximum Gasteiger partial charge on any atom is 0.0865 e. The zero-order valence-corrected chi connectivity index (χ0v) is 13.0. The predicted molar refractivity (Wildman–Crippen MR) is 82.8 cm³/mol. The van der Waals surface area contributed by atoms with Crippen molar-refractivity contribution in [3.05, 3.63) is 29.8 Å². The first-order chi connectivity index (χ1) is 9.20. The number of benzene rings is 1. The first kappa shape index (κ1) is 14.9. The summed E-state index contributed by atoms with van der Waals surface area (Å²) in [5.74, 6) is 0.594. The lowest BCUT2D eigenvalue weighted by Crippen LogP contribution is -2.35. The smallest absolute Gasteiger partial charge is 0.0865 e. The summed E-state index contributed by atoms with van der Waals surface area (Å²) in [4.78, 5) is 1.32. The minimum Gasteiger partial charge on any atom is -0.373 e. The molecule has 2 atom stereocenters. The molecule has 1 aliphatic heterocycles. The van der Waals surface area contributed by atoms with Gasteiger partial charge in [-0.3, -0.25) is 0 Å². The summed E-state index contributed by atoms with van der Waals surface area (Å²) in [7, 11) is 0. The Morgan fingerprint density at radius 2 is 2.05 bits per heavy atom. The Morgan fingerprint density at radius 3 is 2.68 bits per heavy atom. The van der Waals surface area contributed by atoms with Gasteiger partial charge in [0.2, 0.25) is 0 Å². The molecule has 1 heterocycles. The highest BCUT2D eigenvalue weighted by atomic mass is 32.2. The molecule has 0 aromatic heterocycles. The SMILES string of the molecule is CSc1ccc(C2OCCCC2CNC(C)C)cc1. The van der Waals surface area contributed by atoms with Crippen molar-refractivity contribution in [2.75, 3.05) is 19.4 Å². The molecule has 1 saturated heterocycles. The lowest BCUT2D eigenvalue weighted by Gasteiger charge is -2.33. The third kappa shape index (κ3) is 4.23. The summed E-state index contributed by atoms with van der Waals surface area (Å²) in [6.07, 6.45) is 4.82. The molecular weight excluding hydrogens is 254 g/mol. The van der Waals surface area contributed by atoms with Crippen LogP contribution in [0.1, 0.15) is 38.4 Å². The van der Waals surface area contributed by atoms with Gasteiger partial charge in [0, 0.05) is 30.0 Å². The second-order valence-electron chi connectivity index (χ2n) is 5.53. The third-order valence-electron chi connectivity index (χ3n) is 3.68. The molecule has 2 nitrogen and oxygen atoms in total. The lowest BCUT2D eigenvalue weighted by molar-refractivity contribution is -0.0282. The van der Waals surface area contributed by atoms with Crippen LogP contribution in [0.3, 0.4) is 0 Å². The summed E-state index contributed by atoms with van der Waals surface area (Å²) in [5.41, 5.74) is 1.33. The first-order valence-electron chi connectivity index (χ1n) is 7.19. The van der Waals surface area contributed by atoms with E-state index in [0.29, 0.717) is 12.0 Å². The molecule has 0 aliphatic carbocycles. The Bertz CT molecular complexity index is 377. The molecule has 1 aliphatic rings. The molecule has 106 valence electrons. The largest absolute Gasteiger partial charge is 0.373 e. The second kappa shape index (κ2) is 7.32. The van der Waals surface area contributed by atoms with Gasteiger partial charge in [0.15, 0.2) is 0 Å². The van der Waals surface area contributed by atoms with E-state index in [-0.39, 0.29) is 6.10 Å². The highest BCUT2D eigenvalue weighted by molar-refractivity contribution is 7.98. The predicted octanol–water partition coefficient (Wildman–Crippen LogP) is 3.87. The van der Waals surface area contributed by atoms with Crippen LogP contribution >= 0.6 is 11.8 Å². The van der Waals surface area contributed by atoms with Gasteiger partial charge in [-0.05, 0) is 36.8 Å². The molecule has 1 fully saturated rings. The molecule has 1 N–H and O–H groups in total. The van der Waals surface area contributed by atoms with Crippen LogP contribution in [0.4, 0.5) is 0 Å². The second-order valence-corrected chi connectivity index (χ2v) is 6.41. The molecule has 0 saturated carbocycles. The van der Waals surface area contributed by atoms with Gasteiger partial charge in [-0.15, -0.1) is 11.8 Å². The van der Waals surface area contributed by atoms with Crippen molar-refractivity contribution < 1.29 is 4.74 Å². The van der Waals surface area contributed by atoms with E-state index in [1.165, 1.54) is 23.3 Å². The first-order valence-corrected chi connectivity index (χ1v) is 8.42.